The quantitative estimate of drug-likeness (QED) is 0.631. The smallest absolute Gasteiger partial charge is 0.255 e. The van der Waals surface area contributed by atoms with Gasteiger partial charge in [0.15, 0.2) is 0 Å². The maximum absolute atomic E-state index is 12.8. The number of likely N-dealkylation sites (N-methyl/N-ethyl adjacent to an activating group) is 1. The summed E-state index contributed by atoms with van der Waals surface area (Å²) in [6, 6.07) is 21.4. The average Bonchev–Trinajstić information content (AvgIpc) is 2.76. The number of amides is 3. The predicted octanol–water partition coefficient (Wildman–Crippen LogP) is 4.27. The second-order valence-corrected chi connectivity index (χ2v) is 7.43. The van der Waals surface area contributed by atoms with Gasteiger partial charge in [-0.1, -0.05) is 42.0 Å². The number of carbonyl (C=O) groups excluding carboxylic acids is 3. The number of hydrogen-bond acceptors (Lipinski definition) is 3. The molecule has 0 fully saturated rings. The molecular weight excluding hydrogens is 390 g/mol. The Balaban J connectivity index is 1.66. The van der Waals surface area contributed by atoms with Crippen LogP contribution < -0.4 is 10.6 Å². The van der Waals surface area contributed by atoms with Crippen LogP contribution in [0.2, 0.25) is 0 Å². The maximum atomic E-state index is 12.8. The van der Waals surface area contributed by atoms with Crippen molar-refractivity contribution >= 4 is 29.1 Å². The Kier molecular flexibility index (Phi) is 6.82. The van der Waals surface area contributed by atoms with E-state index in [9.17, 15) is 14.4 Å². The second-order valence-electron chi connectivity index (χ2n) is 7.43. The fourth-order valence-corrected chi connectivity index (χ4v) is 3.02. The minimum absolute atomic E-state index is 0.0910. The van der Waals surface area contributed by atoms with Crippen LogP contribution in [0.5, 0.6) is 0 Å². The van der Waals surface area contributed by atoms with E-state index >= 15 is 0 Å². The zero-order valence-corrected chi connectivity index (χ0v) is 17.8. The zero-order valence-electron chi connectivity index (χ0n) is 17.8. The molecule has 0 aliphatic rings. The summed E-state index contributed by atoms with van der Waals surface area (Å²) >= 11 is 0. The lowest BCUT2D eigenvalue weighted by Gasteiger charge is -2.18. The van der Waals surface area contributed by atoms with E-state index in [0.717, 1.165) is 11.1 Å². The normalized spacial score (nSPS) is 10.3. The third-order valence-corrected chi connectivity index (χ3v) is 4.83. The molecule has 0 radical (unpaired) electrons. The van der Waals surface area contributed by atoms with E-state index in [1.165, 1.54) is 4.90 Å². The molecule has 3 aromatic carbocycles. The first kappa shape index (κ1) is 21.8. The summed E-state index contributed by atoms with van der Waals surface area (Å²) in [5.74, 6) is -0.849. The number of rotatable bonds is 6. The third-order valence-electron chi connectivity index (χ3n) is 4.83. The van der Waals surface area contributed by atoms with Crippen LogP contribution in [0.25, 0.3) is 0 Å². The van der Waals surface area contributed by atoms with Crippen molar-refractivity contribution in [2.24, 2.45) is 0 Å². The fraction of sp³-hybridized carbons (Fsp3) is 0.160. The standard InChI is InChI=1S/C25H25N3O3/c1-17-9-13-21(14-10-17)26-23(29)16-28(3)25(31)20-12-11-18(2)22(15-20)27-24(30)19-7-5-4-6-8-19/h4-15H,16H2,1-3H3,(H,26,29)(H,27,30). The zero-order chi connectivity index (χ0) is 22.4. The maximum Gasteiger partial charge on any atom is 0.255 e. The highest BCUT2D eigenvalue weighted by Crippen LogP contribution is 2.19. The van der Waals surface area contributed by atoms with Gasteiger partial charge in [-0.15, -0.1) is 0 Å². The minimum atomic E-state index is -0.311. The highest BCUT2D eigenvalue weighted by molar-refractivity contribution is 6.06. The van der Waals surface area contributed by atoms with Crippen LogP contribution in [0.3, 0.4) is 0 Å². The van der Waals surface area contributed by atoms with Crippen molar-refractivity contribution < 1.29 is 14.4 Å². The molecule has 0 saturated heterocycles. The summed E-state index contributed by atoms with van der Waals surface area (Å²) in [5, 5.41) is 5.63. The van der Waals surface area contributed by atoms with Crippen LogP contribution in [0.4, 0.5) is 11.4 Å². The summed E-state index contributed by atoms with van der Waals surface area (Å²) < 4.78 is 0. The van der Waals surface area contributed by atoms with E-state index in [4.69, 9.17) is 0 Å². The summed E-state index contributed by atoms with van der Waals surface area (Å²) in [6.45, 7) is 3.73. The number of nitrogens with zero attached hydrogens (tertiary/aromatic N) is 1. The molecule has 0 bridgehead atoms. The van der Waals surface area contributed by atoms with Crippen LogP contribution in [0, 0.1) is 13.8 Å². The number of carbonyl (C=O) groups is 3. The van der Waals surface area contributed by atoms with Gasteiger partial charge in [0.05, 0.1) is 6.54 Å². The molecule has 3 rings (SSSR count). The first-order chi connectivity index (χ1) is 14.8. The molecule has 0 saturated carbocycles. The Bertz CT molecular complexity index is 1090. The van der Waals surface area contributed by atoms with Gasteiger partial charge < -0.3 is 15.5 Å². The Labute approximate surface area is 181 Å². The number of hydrogen-bond donors (Lipinski definition) is 2. The van der Waals surface area contributed by atoms with Crippen LogP contribution in [0.1, 0.15) is 31.8 Å². The molecular formula is C25H25N3O3. The Morgan fingerprint density at radius 1 is 0.806 bits per heavy atom. The highest BCUT2D eigenvalue weighted by atomic mass is 16.2. The van der Waals surface area contributed by atoms with Gasteiger partial charge in [-0.05, 0) is 55.8 Å². The van der Waals surface area contributed by atoms with Gasteiger partial charge in [-0.3, -0.25) is 14.4 Å². The molecule has 0 unspecified atom stereocenters. The first-order valence-electron chi connectivity index (χ1n) is 9.92. The van der Waals surface area contributed by atoms with Crippen molar-refractivity contribution in [2.45, 2.75) is 13.8 Å². The van der Waals surface area contributed by atoms with Gasteiger partial charge in [0.1, 0.15) is 0 Å². The number of nitrogens with one attached hydrogen (secondary N) is 2. The Hall–Kier alpha value is -3.93. The van der Waals surface area contributed by atoms with Crippen molar-refractivity contribution in [3.05, 3.63) is 95.1 Å². The van der Waals surface area contributed by atoms with Gasteiger partial charge in [0, 0.05) is 29.5 Å². The summed E-state index contributed by atoms with van der Waals surface area (Å²) in [4.78, 5) is 38.9. The molecule has 3 aromatic rings. The molecule has 0 aliphatic heterocycles. The summed E-state index contributed by atoms with van der Waals surface area (Å²) in [5.41, 5.74) is 4.08. The molecule has 3 amide bonds. The molecule has 158 valence electrons. The topological polar surface area (TPSA) is 78.5 Å². The van der Waals surface area contributed by atoms with Crippen molar-refractivity contribution in [2.75, 3.05) is 24.2 Å². The van der Waals surface area contributed by atoms with Crippen molar-refractivity contribution in [3.63, 3.8) is 0 Å². The Morgan fingerprint density at radius 3 is 2.16 bits per heavy atom. The van der Waals surface area contributed by atoms with E-state index < -0.39 is 0 Å². The number of anilines is 2. The second kappa shape index (κ2) is 9.71. The van der Waals surface area contributed by atoms with E-state index in [-0.39, 0.29) is 24.3 Å². The number of benzene rings is 3. The lowest BCUT2D eigenvalue weighted by atomic mass is 10.1. The highest BCUT2D eigenvalue weighted by Gasteiger charge is 2.17. The molecule has 0 atom stereocenters. The van der Waals surface area contributed by atoms with Gasteiger partial charge in [-0.25, -0.2) is 0 Å². The minimum Gasteiger partial charge on any atom is -0.332 e. The van der Waals surface area contributed by atoms with Crippen molar-refractivity contribution in [3.8, 4) is 0 Å². The lowest BCUT2D eigenvalue weighted by molar-refractivity contribution is -0.116. The fourth-order valence-electron chi connectivity index (χ4n) is 3.02. The first-order valence-corrected chi connectivity index (χ1v) is 9.92. The van der Waals surface area contributed by atoms with Gasteiger partial charge in [0.2, 0.25) is 5.91 Å². The summed E-state index contributed by atoms with van der Waals surface area (Å²) in [6.07, 6.45) is 0. The predicted molar refractivity (Wildman–Crippen MR) is 122 cm³/mol. The van der Waals surface area contributed by atoms with E-state index in [1.807, 2.05) is 44.2 Å². The van der Waals surface area contributed by atoms with Crippen LogP contribution in [-0.2, 0) is 4.79 Å². The molecule has 0 aliphatic carbocycles. The number of aryl methyl sites for hydroxylation is 2. The van der Waals surface area contributed by atoms with Crippen LogP contribution in [-0.4, -0.2) is 36.2 Å². The SMILES string of the molecule is Cc1ccc(NC(=O)CN(C)C(=O)c2ccc(C)c(NC(=O)c3ccccc3)c2)cc1. The molecule has 0 spiro atoms. The van der Waals surface area contributed by atoms with Gasteiger partial charge >= 0.3 is 0 Å². The van der Waals surface area contributed by atoms with E-state index in [0.29, 0.717) is 22.5 Å². The van der Waals surface area contributed by atoms with Crippen LogP contribution >= 0.6 is 0 Å². The van der Waals surface area contributed by atoms with Gasteiger partial charge in [-0.2, -0.15) is 0 Å². The van der Waals surface area contributed by atoms with Crippen molar-refractivity contribution in [1.82, 2.24) is 4.90 Å². The van der Waals surface area contributed by atoms with E-state index in [1.54, 1.807) is 49.5 Å². The monoisotopic (exact) mass is 415 g/mol. The molecule has 6 nitrogen and oxygen atoms in total. The average molecular weight is 415 g/mol. The van der Waals surface area contributed by atoms with Crippen LogP contribution in [0.15, 0.2) is 72.8 Å². The molecule has 0 heterocycles. The largest absolute Gasteiger partial charge is 0.332 e. The third kappa shape index (κ3) is 5.79. The van der Waals surface area contributed by atoms with E-state index in [2.05, 4.69) is 10.6 Å². The molecule has 2 N–H and O–H groups in total. The molecule has 31 heavy (non-hydrogen) atoms. The van der Waals surface area contributed by atoms with Gasteiger partial charge in [0.25, 0.3) is 11.8 Å². The Morgan fingerprint density at radius 2 is 1.48 bits per heavy atom. The molecule has 6 heteroatoms. The van der Waals surface area contributed by atoms with Crippen molar-refractivity contribution in [1.29, 1.82) is 0 Å². The summed E-state index contributed by atoms with van der Waals surface area (Å²) in [7, 11) is 1.57. The molecule has 0 aromatic heterocycles. The lowest BCUT2D eigenvalue weighted by Crippen LogP contribution is -2.35.